The van der Waals surface area contributed by atoms with E-state index in [9.17, 15) is 4.79 Å². The molecule has 1 amide bonds. The van der Waals surface area contributed by atoms with Gasteiger partial charge in [0.2, 0.25) is 0 Å². The Morgan fingerprint density at radius 3 is 3.04 bits per heavy atom. The second-order valence-corrected chi connectivity index (χ2v) is 6.51. The van der Waals surface area contributed by atoms with Gasteiger partial charge in [0.25, 0.3) is 5.91 Å². The zero-order chi connectivity index (χ0) is 17.8. The molecule has 1 saturated heterocycles. The minimum Gasteiger partial charge on any atom is -0.352 e. The number of amides is 1. The molecule has 0 spiro atoms. The van der Waals surface area contributed by atoms with Crippen molar-refractivity contribution in [3.05, 3.63) is 47.8 Å². The van der Waals surface area contributed by atoms with E-state index in [4.69, 9.17) is 5.26 Å². The maximum Gasteiger partial charge on any atom is 0.251 e. The van der Waals surface area contributed by atoms with E-state index in [1.807, 2.05) is 30.2 Å². The number of hydrogen-bond acceptors (Lipinski definition) is 5. The average Bonchev–Trinajstić information content (AvgIpc) is 3.05. The molecule has 3 heterocycles. The van der Waals surface area contributed by atoms with Crippen molar-refractivity contribution < 1.29 is 4.79 Å². The van der Waals surface area contributed by atoms with Crippen LogP contribution in [0.1, 0.15) is 40.6 Å². The number of nitrogens with one attached hydrogen (secondary N) is 1. The van der Waals surface area contributed by atoms with Gasteiger partial charge in [-0.05, 0) is 44.5 Å². The molecule has 0 radical (unpaired) electrons. The van der Waals surface area contributed by atoms with Crippen molar-refractivity contribution in [3.63, 3.8) is 0 Å². The van der Waals surface area contributed by atoms with Crippen LogP contribution in [0.5, 0.6) is 0 Å². The van der Waals surface area contributed by atoms with Crippen LogP contribution in [-0.2, 0) is 7.05 Å². The second-order valence-electron chi connectivity index (χ2n) is 6.51. The number of piperidine rings is 1. The van der Waals surface area contributed by atoms with Gasteiger partial charge in [0.05, 0.1) is 18.1 Å². The number of nitriles is 1. The van der Waals surface area contributed by atoms with E-state index in [0.29, 0.717) is 18.0 Å². The first-order chi connectivity index (χ1) is 12.1. The molecule has 7 nitrogen and oxygen atoms in total. The molecule has 1 aliphatic heterocycles. The van der Waals surface area contributed by atoms with E-state index in [2.05, 4.69) is 27.2 Å². The molecule has 0 bridgehead atoms. The Hall–Kier alpha value is -2.72. The van der Waals surface area contributed by atoms with Crippen LogP contribution in [0.25, 0.3) is 0 Å². The number of nitrogens with zero attached hydrogens (tertiary/aromatic N) is 5. The van der Waals surface area contributed by atoms with Crippen LogP contribution < -0.4 is 5.32 Å². The molecule has 0 aliphatic carbocycles. The number of likely N-dealkylation sites (tertiary alicyclic amines) is 1. The van der Waals surface area contributed by atoms with Gasteiger partial charge in [-0.25, -0.2) is 9.97 Å². The summed E-state index contributed by atoms with van der Waals surface area (Å²) in [5.41, 5.74) is 1.88. The van der Waals surface area contributed by atoms with E-state index in [0.717, 1.165) is 25.1 Å². The largest absolute Gasteiger partial charge is 0.352 e. The summed E-state index contributed by atoms with van der Waals surface area (Å²) in [5.74, 6) is 0.145. The summed E-state index contributed by atoms with van der Waals surface area (Å²) in [6.07, 6.45) is 7.37. The summed E-state index contributed by atoms with van der Waals surface area (Å²) in [6, 6.07) is 5.33. The lowest BCUT2D eigenvalue weighted by atomic mass is 9.87. The van der Waals surface area contributed by atoms with Crippen molar-refractivity contribution in [2.45, 2.75) is 18.9 Å². The Bertz CT molecular complexity index is 793. The molecule has 1 N–H and O–H groups in total. The first-order valence-corrected chi connectivity index (χ1v) is 8.41. The lowest BCUT2D eigenvalue weighted by molar-refractivity contribution is 0.0881. The number of imidazole rings is 1. The summed E-state index contributed by atoms with van der Waals surface area (Å²) in [6.45, 7) is 1.62. The first kappa shape index (κ1) is 17.1. The second kappa shape index (κ2) is 7.45. The van der Waals surface area contributed by atoms with Gasteiger partial charge in [-0.1, -0.05) is 0 Å². The monoisotopic (exact) mass is 338 g/mol. The third-order valence-electron chi connectivity index (χ3n) is 4.83. The third-order valence-corrected chi connectivity index (χ3v) is 4.83. The fourth-order valence-electron chi connectivity index (χ4n) is 3.55. The van der Waals surface area contributed by atoms with Crippen LogP contribution in [0, 0.1) is 17.2 Å². The highest BCUT2D eigenvalue weighted by Crippen LogP contribution is 2.34. The smallest absolute Gasteiger partial charge is 0.251 e. The van der Waals surface area contributed by atoms with Crippen LogP contribution in [0.2, 0.25) is 0 Å². The molecule has 25 heavy (non-hydrogen) atoms. The van der Waals surface area contributed by atoms with Gasteiger partial charge in [-0.2, -0.15) is 5.26 Å². The fraction of sp³-hybridized carbons (Fsp3) is 0.444. The normalized spacial score (nSPS) is 20.8. The molecule has 1 fully saturated rings. The topological polar surface area (TPSA) is 86.8 Å². The molecular weight excluding hydrogens is 316 g/mol. The Labute approximate surface area is 147 Å². The highest BCUT2D eigenvalue weighted by Gasteiger charge is 2.32. The summed E-state index contributed by atoms with van der Waals surface area (Å²) >= 11 is 0. The standard InChI is InChI=1S/C18H22N6O/c1-23-7-3-4-14(17(23)16-11-20-12-24(16)2)10-22-18(25)13-5-6-21-15(8-13)9-19/h5-6,8,11-12,14,17H,3-4,7,10H2,1-2H3,(H,22,25)/t14-,17+/m0/s1. The molecule has 3 rings (SSSR count). The van der Waals surface area contributed by atoms with E-state index < -0.39 is 0 Å². The minimum atomic E-state index is -0.170. The molecule has 7 heteroatoms. The van der Waals surface area contributed by atoms with Gasteiger partial charge in [-0.15, -0.1) is 0 Å². The van der Waals surface area contributed by atoms with Crippen LogP contribution in [0.3, 0.4) is 0 Å². The van der Waals surface area contributed by atoms with Crippen LogP contribution >= 0.6 is 0 Å². The third kappa shape index (κ3) is 3.69. The van der Waals surface area contributed by atoms with Crippen molar-refractivity contribution in [1.29, 1.82) is 5.26 Å². The van der Waals surface area contributed by atoms with Gasteiger partial charge in [0.15, 0.2) is 0 Å². The fourth-order valence-corrected chi connectivity index (χ4v) is 3.55. The van der Waals surface area contributed by atoms with Crippen LogP contribution in [-0.4, -0.2) is 45.5 Å². The molecule has 130 valence electrons. The molecule has 0 saturated carbocycles. The Kier molecular flexibility index (Phi) is 5.10. The summed E-state index contributed by atoms with van der Waals surface area (Å²) in [5, 5.41) is 11.9. The molecular formula is C18H22N6O. The van der Waals surface area contributed by atoms with Crippen molar-refractivity contribution in [3.8, 4) is 6.07 Å². The number of carbonyl (C=O) groups excluding carboxylic acids is 1. The summed E-state index contributed by atoms with van der Waals surface area (Å²) < 4.78 is 2.05. The van der Waals surface area contributed by atoms with Gasteiger partial charge in [0.1, 0.15) is 11.8 Å². The molecule has 2 atom stereocenters. The zero-order valence-electron chi connectivity index (χ0n) is 14.5. The van der Waals surface area contributed by atoms with Crippen molar-refractivity contribution in [2.24, 2.45) is 13.0 Å². The van der Waals surface area contributed by atoms with Gasteiger partial charge in [0, 0.05) is 31.5 Å². The average molecular weight is 338 g/mol. The summed E-state index contributed by atoms with van der Waals surface area (Å²) in [4.78, 5) is 22.9. The first-order valence-electron chi connectivity index (χ1n) is 8.41. The van der Waals surface area contributed by atoms with Crippen LogP contribution in [0.15, 0.2) is 30.9 Å². The number of pyridine rings is 1. The van der Waals surface area contributed by atoms with E-state index in [1.54, 1.807) is 6.07 Å². The Morgan fingerprint density at radius 1 is 1.48 bits per heavy atom. The lowest BCUT2D eigenvalue weighted by Gasteiger charge is -2.39. The number of aromatic nitrogens is 3. The SMILES string of the molecule is CN1CCC[C@@H](CNC(=O)c2ccnc(C#N)c2)[C@@H]1c1cncn1C. The Morgan fingerprint density at radius 2 is 2.32 bits per heavy atom. The lowest BCUT2D eigenvalue weighted by Crippen LogP contribution is -2.42. The number of rotatable bonds is 4. The number of carbonyl (C=O) groups is 1. The highest BCUT2D eigenvalue weighted by molar-refractivity contribution is 5.94. The van der Waals surface area contributed by atoms with E-state index in [1.165, 1.54) is 12.3 Å². The van der Waals surface area contributed by atoms with E-state index in [-0.39, 0.29) is 17.6 Å². The zero-order valence-corrected chi connectivity index (χ0v) is 14.5. The molecule has 0 aromatic carbocycles. The van der Waals surface area contributed by atoms with Crippen molar-refractivity contribution in [2.75, 3.05) is 20.1 Å². The van der Waals surface area contributed by atoms with Gasteiger partial charge in [-0.3, -0.25) is 9.69 Å². The highest BCUT2D eigenvalue weighted by atomic mass is 16.1. The van der Waals surface area contributed by atoms with Crippen LogP contribution in [0.4, 0.5) is 0 Å². The van der Waals surface area contributed by atoms with Crippen molar-refractivity contribution in [1.82, 2.24) is 24.8 Å². The maximum atomic E-state index is 12.4. The molecule has 2 aromatic rings. The quantitative estimate of drug-likeness (QED) is 0.913. The number of hydrogen-bond donors (Lipinski definition) is 1. The molecule has 0 unspecified atom stereocenters. The summed E-state index contributed by atoms with van der Waals surface area (Å²) in [7, 11) is 4.12. The maximum absolute atomic E-state index is 12.4. The van der Waals surface area contributed by atoms with Gasteiger partial charge < -0.3 is 9.88 Å². The van der Waals surface area contributed by atoms with Gasteiger partial charge >= 0.3 is 0 Å². The molecule has 1 aliphatic rings. The van der Waals surface area contributed by atoms with Crippen molar-refractivity contribution >= 4 is 5.91 Å². The number of aryl methyl sites for hydroxylation is 1. The molecule has 2 aromatic heterocycles. The minimum absolute atomic E-state index is 0.170. The Balaban J connectivity index is 1.71. The predicted octanol–water partition coefficient (Wildman–Crippen LogP) is 1.50. The van der Waals surface area contributed by atoms with E-state index >= 15 is 0 Å². The predicted molar refractivity (Wildman–Crippen MR) is 92.6 cm³/mol.